The second-order valence-electron chi connectivity index (χ2n) is 3.59. The molecule has 0 aliphatic heterocycles. The molecular weight excluding hydrogens is 232 g/mol. The molecule has 1 heterocycles. The van der Waals surface area contributed by atoms with Gasteiger partial charge in [-0.3, -0.25) is 0 Å². The molecule has 18 heavy (non-hydrogen) atoms. The van der Waals surface area contributed by atoms with Crippen LogP contribution in [0.5, 0.6) is 0 Å². The van der Waals surface area contributed by atoms with Gasteiger partial charge in [-0.2, -0.15) is 0 Å². The summed E-state index contributed by atoms with van der Waals surface area (Å²) in [5.74, 6) is 0. The molecule has 0 spiro atoms. The first kappa shape index (κ1) is 16.3. The summed E-state index contributed by atoms with van der Waals surface area (Å²) in [7, 11) is 0. The average molecular weight is 254 g/mol. The number of benzene rings is 1. The smallest absolute Gasteiger partial charge is 0.130 e. The van der Waals surface area contributed by atoms with Crippen LogP contribution in [0.3, 0.4) is 0 Å². The van der Waals surface area contributed by atoms with E-state index in [4.69, 9.17) is 5.21 Å². The largest absolute Gasteiger partial charge is 0.412 e. The van der Waals surface area contributed by atoms with E-state index in [1.165, 1.54) is 19.6 Å². The third kappa shape index (κ3) is 4.31. The van der Waals surface area contributed by atoms with E-state index in [1.807, 2.05) is 12.1 Å². The van der Waals surface area contributed by atoms with Crippen LogP contribution in [0.2, 0.25) is 0 Å². The third-order valence-corrected chi connectivity index (χ3v) is 2.68. The van der Waals surface area contributed by atoms with Crippen molar-refractivity contribution in [3.05, 3.63) is 24.3 Å². The fourth-order valence-electron chi connectivity index (χ4n) is 1.53. The molecule has 0 saturated carbocycles. The van der Waals surface area contributed by atoms with Crippen molar-refractivity contribution in [2.45, 2.75) is 20.8 Å². The van der Waals surface area contributed by atoms with Gasteiger partial charge in [0.15, 0.2) is 0 Å². The van der Waals surface area contributed by atoms with Crippen LogP contribution in [-0.4, -0.2) is 50.4 Å². The van der Waals surface area contributed by atoms with Crippen molar-refractivity contribution in [1.82, 2.24) is 20.1 Å². The molecule has 0 aliphatic carbocycles. The maximum atomic E-state index is 8.95. The van der Waals surface area contributed by atoms with Gasteiger partial charge in [-0.05, 0) is 37.0 Å². The Morgan fingerprint density at radius 3 is 2.11 bits per heavy atom. The zero-order chi connectivity index (χ0) is 12.7. The Kier molecular flexibility index (Phi) is 7.66. The van der Waals surface area contributed by atoms with Gasteiger partial charge in [0, 0.05) is 0 Å². The molecule has 0 amide bonds. The van der Waals surface area contributed by atoms with Crippen molar-refractivity contribution in [3.8, 4) is 0 Å². The molecular formula is C12H22N4O2. The van der Waals surface area contributed by atoms with E-state index < -0.39 is 0 Å². The van der Waals surface area contributed by atoms with Crippen LogP contribution in [0, 0.1) is 0 Å². The molecule has 6 nitrogen and oxygen atoms in total. The third-order valence-electron chi connectivity index (χ3n) is 2.68. The summed E-state index contributed by atoms with van der Waals surface area (Å²) < 4.78 is 0. The monoisotopic (exact) mass is 254 g/mol. The topological polar surface area (TPSA) is 85.7 Å². The molecule has 2 aromatic rings. The van der Waals surface area contributed by atoms with Crippen molar-refractivity contribution < 1.29 is 10.7 Å². The Morgan fingerprint density at radius 2 is 1.67 bits per heavy atom. The van der Waals surface area contributed by atoms with E-state index in [-0.39, 0.29) is 5.48 Å². The van der Waals surface area contributed by atoms with Gasteiger partial charge in [-0.1, -0.05) is 37.7 Å². The lowest BCUT2D eigenvalue weighted by molar-refractivity contribution is 0.155. The van der Waals surface area contributed by atoms with Crippen molar-refractivity contribution in [2.24, 2.45) is 0 Å². The number of aromatic nitrogens is 3. The molecule has 0 bridgehead atoms. The van der Waals surface area contributed by atoms with Crippen LogP contribution in [0.15, 0.2) is 24.3 Å². The highest BCUT2D eigenvalue weighted by atomic mass is 16.5. The molecule has 1 aromatic heterocycles. The SMILES string of the molecule is CCN(CC)CC.O.On1nnc2ccccc21. The van der Waals surface area contributed by atoms with E-state index in [2.05, 4.69) is 36.0 Å². The quantitative estimate of drug-likeness (QED) is 0.834. The van der Waals surface area contributed by atoms with E-state index in [9.17, 15) is 0 Å². The second kappa shape index (κ2) is 8.43. The number of hydrogen-bond donors (Lipinski definition) is 1. The van der Waals surface area contributed by atoms with Crippen LogP contribution in [0.4, 0.5) is 0 Å². The second-order valence-corrected chi connectivity index (χ2v) is 3.59. The van der Waals surface area contributed by atoms with Crippen molar-refractivity contribution in [3.63, 3.8) is 0 Å². The minimum absolute atomic E-state index is 0. The van der Waals surface area contributed by atoms with Gasteiger partial charge in [0.1, 0.15) is 11.0 Å². The summed E-state index contributed by atoms with van der Waals surface area (Å²) in [4.78, 5) is 3.13. The lowest BCUT2D eigenvalue weighted by Crippen LogP contribution is -2.21. The molecule has 3 N–H and O–H groups in total. The van der Waals surface area contributed by atoms with Crippen LogP contribution in [-0.2, 0) is 0 Å². The Labute approximate surface area is 107 Å². The number of para-hydroxylation sites is 1. The predicted octanol–water partition coefficient (Wildman–Crippen LogP) is 1.19. The lowest BCUT2D eigenvalue weighted by Gasteiger charge is -2.13. The zero-order valence-electron chi connectivity index (χ0n) is 11.2. The van der Waals surface area contributed by atoms with Gasteiger partial charge in [0.05, 0.1) is 0 Å². The molecule has 102 valence electrons. The maximum absolute atomic E-state index is 8.95. The molecule has 0 unspecified atom stereocenters. The van der Waals surface area contributed by atoms with Gasteiger partial charge in [-0.15, -0.1) is 5.10 Å². The number of nitrogens with zero attached hydrogens (tertiary/aromatic N) is 4. The summed E-state index contributed by atoms with van der Waals surface area (Å²) in [5.41, 5.74) is 1.33. The van der Waals surface area contributed by atoms with E-state index in [0.717, 1.165) is 4.85 Å². The highest BCUT2D eigenvalue weighted by molar-refractivity contribution is 5.73. The summed E-state index contributed by atoms with van der Waals surface area (Å²) in [6, 6.07) is 7.19. The molecule has 0 aliphatic rings. The Morgan fingerprint density at radius 1 is 1.11 bits per heavy atom. The van der Waals surface area contributed by atoms with Gasteiger partial charge in [0.25, 0.3) is 0 Å². The normalized spacial score (nSPS) is 9.78. The lowest BCUT2D eigenvalue weighted by atomic mass is 10.3. The number of fused-ring (bicyclic) bond motifs is 1. The fourth-order valence-corrected chi connectivity index (χ4v) is 1.53. The van der Waals surface area contributed by atoms with Gasteiger partial charge in [0.2, 0.25) is 0 Å². The van der Waals surface area contributed by atoms with Crippen LogP contribution in [0.1, 0.15) is 20.8 Å². The molecule has 1 aromatic carbocycles. The Bertz CT molecular complexity index is 435. The van der Waals surface area contributed by atoms with Crippen LogP contribution >= 0.6 is 0 Å². The fraction of sp³-hybridized carbons (Fsp3) is 0.500. The Balaban J connectivity index is 0.000000326. The minimum Gasteiger partial charge on any atom is -0.412 e. The minimum atomic E-state index is 0. The van der Waals surface area contributed by atoms with Crippen LogP contribution in [0.25, 0.3) is 11.0 Å². The van der Waals surface area contributed by atoms with Crippen LogP contribution < -0.4 is 0 Å². The molecule has 0 radical (unpaired) electrons. The van der Waals surface area contributed by atoms with E-state index >= 15 is 0 Å². The molecule has 2 rings (SSSR count). The summed E-state index contributed by atoms with van der Waals surface area (Å²) in [6.07, 6.45) is 0. The highest BCUT2D eigenvalue weighted by Crippen LogP contribution is 2.06. The number of hydrogen-bond acceptors (Lipinski definition) is 4. The number of rotatable bonds is 3. The first-order chi connectivity index (χ1) is 8.22. The van der Waals surface area contributed by atoms with Crippen molar-refractivity contribution >= 4 is 11.0 Å². The summed E-state index contributed by atoms with van der Waals surface area (Å²) in [6.45, 7) is 10.1. The van der Waals surface area contributed by atoms with Crippen molar-refractivity contribution in [1.29, 1.82) is 0 Å². The first-order valence-electron chi connectivity index (χ1n) is 5.94. The zero-order valence-corrected chi connectivity index (χ0v) is 11.2. The maximum Gasteiger partial charge on any atom is 0.130 e. The first-order valence-corrected chi connectivity index (χ1v) is 5.94. The van der Waals surface area contributed by atoms with Gasteiger partial charge in [-0.25, -0.2) is 0 Å². The molecule has 0 saturated heterocycles. The standard InChI is InChI=1S/C6H5N3O.C6H15N.H2O/c10-9-6-4-2-1-3-5(6)7-8-9;1-4-7(5-2)6-3;/h1-4,10H;4-6H2,1-3H3;1H2. The Hall–Kier alpha value is -1.66. The molecule has 0 atom stereocenters. The van der Waals surface area contributed by atoms with Gasteiger partial charge >= 0.3 is 0 Å². The average Bonchev–Trinajstić information content (AvgIpc) is 2.75. The van der Waals surface area contributed by atoms with E-state index in [0.29, 0.717) is 11.0 Å². The molecule has 0 fully saturated rings. The van der Waals surface area contributed by atoms with E-state index in [1.54, 1.807) is 12.1 Å². The highest BCUT2D eigenvalue weighted by Gasteiger charge is 1.98. The predicted molar refractivity (Wildman–Crippen MR) is 71.8 cm³/mol. The molecule has 6 heteroatoms. The summed E-state index contributed by atoms with van der Waals surface area (Å²) >= 11 is 0. The summed E-state index contributed by atoms with van der Waals surface area (Å²) in [5, 5.41) is 16.1. The van der Waals surface area contributed by atoms with Gasteiger partial charge < -0.3 is 15.6 Å². The van der Waals surface area contributed by atoms with Crippen molar-refractivity contribution in [2.75, 3.05) is 19.6 Å².